The molecule has 0 spiro atoms. The molecule has 0 unspecified atom stereocenters. The molecule has 7 heteroatoms. The zero-order valence-electron chi connectivity index (χ0n) is 13.1. The van der Waals surface area contributed by atoms with Crippen molar-refractivity contribution in [1.82, 2.24) is 15.3 Å². The first kappa shape index (κ1) is 18.1. The largest absolute Gasteiger partial charge is 0.477 e. The molecule has 2 aromatic heterocycles. The number of ether oxygens (including phenoxy) is 1. The lowest BCUT2D eigenvalue weighted by Crippen LogP contribution is -2.04. The van der Waals surface area contributed by atoms with Gasteiger partial charge in [-0.3, -0.25) is 9.78 Å². The van der Waals surface area contributed by atoms with Crippen LogP contribution in [0.1, 0.15) is 28.5 Å². The molecule has 0 atom stereocenters. The van der Waals surface area contributed by atoms with E-state index in [1.165, 1.54) is 11.6 Å². The number of anilines is 1. The van der Waals surface area contributed by atoms with Gasteiger partial charge in [0.25, 0.3) is 0 Å². The van der Waals surface area contributed by atoms with E-state index >= 15 is 0 Å². The zero-order chi connectivity index (χ0) is 17.1. The Morgan fingerprint density at radius 2 is 2.30 bits per heavy atom. The first-order valence-corrected chi connectivity index (χ1v) is 6.98. The van der Waals surface area contributed by atoms with Crippen molar-refractivity contribution in [3.63, 3.8) is 0 Å². The van der Waals surface area contributed by atoms with Gasteiger partial charge in [0.15, 0.2) is 6.29 Å². The summed E-state index contributed by atoms with van der Waals surface area (Å²) in [5.74, 6) is 0.108. The molecule has 7 nitrogen and oxygen atoms in total. The Kier molecular flexibility index (Phi) is 7.75. The lowest BCUT2D eigenvalue weighted by Gasteiger charge is -2.06. The number of hydrogen-bond acceptors (Lipinski definition) is 7. The number of carbonyl (C=O) groups is 1. The number of nitrogens with two attached hydrogens (primary N) is 1. The molecule has 0 aliphatic rings. The van der Waals surface area contributed by atoms with Crippen molar-refractivity contribution in [3.05, 3.63) is 47.4 Å². The van der Waals surface area contributed by atoms with Crippen molar-refractivity contribution in [1.29, 1.82) is 5.26 Å². The van der Waals surface area contributed by atoms with E-state index < -0.39 is 0 Å². The van der Waals surface area contributed by atoms with Gasteiger partial charge in [-0.15, -0.1) is 0 Å². The van der Waals surface area contributed by atoms with Crippen LogP contribution in [0.15, 0.2) is 30.6 Å². The molecule has 0 radical (unpaired) electrons. The predicted molar refractivity (Wildman–Crippen MR) is 86.9 cm³/mol. The third-order valence-electron chi connectivity index (χ3n) is 2.65. The van der Waals surface area contributed by atoms with Crippen molar-refractivity contribution < 1.29 is 9.53 Å². The van der Waals surface area contributed by atoms with Crippen molar-refractivity contribution in [2.75, 3.05) is 19.4 Å². The second-order valence-corrected chi connectivity index (χ2v) is 4.37. The van der Waals surface area contributed by atoms with Crippen LogP contribution in [0.5, 0.6) is 5.88 Å². The lowest BCUT2D eigenvalue weighted by atomic mass is 10.2. The highest BCUT2D eigenvalue weighted by Gasteiger charge is 2.10. The molecule has 2 heterocycles. The molecule has 0 amide bonds. The standard InChI is InChI=1S/C9H9N3O2.C7H10N2/c1-2-14-9-7(4-10)8(11)3-6(5-13)12-9;1-8-5-7-3-2-4-9-6-7/h3,5H,2H2,1H3,(H2,11,12);2-4,6,8H,5H2,1H3. The number of rotatable bonds is 5. The van der Waals surface area contributed by atoms with Gasteiger partial charge in [-0.05, 0) is 31.7 Å². The summed E-state index contributed by atoms with van der Waals surface area (Å²) in [5.41, 5.74) is 7.28. The molecule has 0 saturated heterocycles. The Hall–Kier alpha value is -2.98. The first-order valence-electron chi connectivity index (χ1n) is 6.98. The number of nitrogen functional groups attached to an aromatic ring is 1. The van der Waals surface area contributed by atoms with E-state index in [2.05, 4.69) is 15.3 Å². The molecule has 0 fully saturated rings. The number of aromatic nitrogens is 2. The topological polar surface area (TPSA) is 114 Å². The van der Waals surface area contributed by atoms with E-state index in [4.69, 9.17) is 15.7 Å². The Balaban J connectivity index is 0.000000253. The number of carbonyl (C=O) groups excluding carboxylic acids is 1. The van der Waals surface area contributed by atoms with Gasteiger partial charge in [0, 0.05) is 18.9 Å². The molecule has 0 aliphatic carbocycles. The average molecular weight is 313 g/mol. The van der Waals surface area contributed by atoms with Crippen molar-refractivity contribution in [2.45, 2.75) is 13.5 Å². The SMILES string of the molecule is CCOc1nc(C=O)cc(N)c1C#N.CNCc1cccnc1. The Morgan fingerprint density at radius 1 is 1.52 bits per heavy atom. The molecule has 120 valence electrons. The maximum Gasteiger partial charge on any atom is 0.234 e. The lowest BCUT2D eigenvalue weighted by molar-refractivity contribution is 0.111. The fraction of sp³-hybridized carbons (Fsp3) is 0.250. The zero-order valence-corrected chi connectivity index (χ0v) is 13.1. The summed E-state index contributed by atoms with van der Waals surface area (Å²) in [6, 6.07) is 7.20. The van der Waals surface area contributed by atoms with E-state index in [1.807, 2.05) is 31.4 Å². The van der Waals surface area contributed by atoms with Crippen molar-refractivity contribution >= 4 is 12.0 Å². The highest BCUT2D eigenvalue weighted by atomic mass is 16.5. The molecule has 3 N–H and O–H groups in total. The molecule has 23 heavy (non-hydrogen) atoms. The number of nitriles is 1. The molecule has 2 aromatic rings. The normalized spacial score (nSPS) is 9.26. The minimum absolute atomic E-state index is 0.108. The fourth-order valence-corrected chi connectivity index (χ4v) is 1.68. The number of nitrogens with zero attached hydrogens (tertiary/aromatic N) is 3. The van der Waals surface area contributed by atoms with E-state index in [-0.39, 0.29) is 22.8 Å². The molecule has 2 rings (SSSR count). The Bertz CT molecular complexity index is 668. The maximum atomic E-state index is 10.5. The summed E-state index contributed by atoms with van der Waals surface area (Å²) in [5, 5.41) is 11.8. The molecular weight excluding hydrogens is 294 g/mol. The number of hydrogen-bond donors (Lipinski definition) is 2. The molecular formula is C16H19N5O2. The average Bonchev–Trinajstić information content (AvgIpc) is 2.57. The summed E-state index contributed by atoms with van der Waals surface area (Å²) in [6.07, 6.45) is 4.19. The van der Waals surface area contributed by atoms with Crippen molar-refractivity contribution in [2.24, 2.45) is 0 Å². The van der Waals surface area contributed by atoms with Gasteiger partial charge in [-0.1, -0.05) is 6.07 Å². The second kappa shape index (κ2) is 9.87. The van der Waals surface area contributed by atoms with Gasteiger partial charge in [-0.2, -0.15) is 5.26 Å². The monoisotopic (exact) mass is 313 g/mol. The Morgan fingerprint density at radius 3 is 2.83 bits per heavy atom. The smallest absolute Gasteiger partial charge is 0.234 e. The van der Waals surface area contributed by atoms with E-state index in [0.29, 0.717) is 12.9 Å². The van der Waals surface area contributed by atoms with Gasteiger partial charge in [0.05, 0.1) is 12.3 Å². The van der Waals surface area contributed by atoms with Gasteiger partial charge in [-0.25, -0.2) is 4.98 Å². The summed E-state index contributed by atoms with van der Waals surface area (Å²) < 4.78 is 5.08. The molecule has 0 aromatic carbocycles. The molecule has 0 saturated carbocycles. The minimum atomic E-state index is 0.108. The minimum Gasteiger partial charge on any atom is -0.477 e. The van der Waals surface area contributed by atoms with Gasteiger partial charge in [0.2, 0.25) is 5.88 Å². The van der Waals surface area contributed by atoms with Crippen LogP contribution in [0.3, 0.4) is 0 Å². The van der Waals surface area contributed by atoms with Gasteiger partial charge < -0.3 is 15.8 Å². The molecule has 0 aliphatic heterocycles. The van der Waals surface area contributed by atoms with Crippen LogP contribution in [0.2, 0.25) is 0 Å². The quantitative estimate of drug-likeness (QED) is 0.805. The third-order valence-corrected chi connectivity index (χ3v) is 2.65. The van der Waals surface area contributed by atoms with E-state index in [1.54, 1.807) is 13.1 Å². The highest BCUT2D eigenvalue weighted by molar-refractivity contribution is 5.76. The van der Waals surface area contributed by atoms with Crippen LogP contribution >= 0.6 is 0 Å². The van der Waals surface area contributed by atoms with Crippen LogP contribution in [-0.2, 0) is 6.54 Å². The van der Waals surface area contributed by atoms with Crippen LogP contribution in [-0.4, -0.2) is 29.9 Å². The summed E-state index contributed by atoms with van der Waals surface area (Å²) in [6.45, 7) is 3.02. The number of pyridine rings is 2. The first-order chi connectivity index (χ1) is 11.2. The summed E-state index contributed by atoms with van der Waals surface area (Å²) in [4.78, 5) is 18.2. The maximum absolute atomic E-state index is 10.5. The van der Waals surface area contributed by atoms with Gasteiger partial charge in [0.1, 0.15) is 17.3 Å². The van der Waals surface area contributed by atoms with Crippen LogP contribution in [0.25, 0.3) is 0 Å². The van der Waals surface area contributed by atoms with Gasteiger partial charge >= 0.3 is 0 Å². The predicted octanol–water partition coefficient (Wildman–Crippen LogP) is 1.55. The number of aldehydes is 1. The van der Waals surface area contributed by atoms with Crippen LogP contribution in [0, 0.1) is 11.3 Å². The highest BCUT2D eigenvalue weighted by Crippen LogP contribution is 2.21. The fourth-order valence-electron chi connectivity index (χ4n) is 1.68. The summed E-state index contributed by atoms with van der Waals surface area (Å²) >= 11 is 0. The van der Waals surface area contributed by atoms with Crippen LogP contribution in [0.4, 0.5) is 5.69 Å². The molecule has 0 bridgehead atoms. The second-order valence-electron chi connectivity index (χ2n) is 4.37. The van der Waals surface area contributed by atoms with E-state index in [9.17, 15) is 4.79 Å². The van der Waals surface area contributed by atoms with Crippen LogP contribution < -0.4 is 15.8 Å². The van der Waals surface area contributed by atoms with Crippen molar-refractivity contribution in [3.8, 4) is 11.9 Å². The van der Waals surface area contributed by atoms with E-state index in [0.717, 1.165) is 6.54 Å². The summed E-state index contributed by atoms with van der Waals surface area (Å²) in [7, 11) is 1.92. The third kappa shape index (κ3) is 5.73. The Labute approximate surface area is 135 Å². The number of nitrogens with one attached hydrogen (secondary N) is 1.